The van der Waals surface area contributed by atoms with Gasteiger partial charge >= 0.3 is 0 Å². The van der Waals surface area contributed by atoms with Crippen LogP contribution in [-0.2, 0) is 0 Å². The molecule has 1 unspecified atom stereocenters. The molecule has 4 N–H and O–H groups in total. The number of nitrogens with one attached hydrogen (secondary N) is 1. The number of nitrogens with two attached hydrogens (primary N) is 1. The van der Waals surface area contributed by atoms with Crippen molar-refractivity contribution in [2.24, 2.45) is 5.73 Å². The predicted molar refractivity (Wildman–Crippen MR) is 50.3 cm³/mol. The molecule has 1 atom stereocenters. The SMILES string of the molecule is CC(O)CCN(C)CCC(=N)N. The summed E-state index contributed by atoms with van der Waals surface area (Å²) in [6.07, 6.45) is 1.13. The van der Waals surface area contributed by atoms with Gasteiger partial charge in [-0.3, -0.25) is 5.41 Å². The molecule has 0 aromatic carbocycles. The molecule has 4 heteroatoms. The molecule has 0 spiro atoms. The maximum atomic E-state index is 8.99. The molecule has 0 rings (SSSR count). The number of hydrogen-bond donors (Lipinski definition) is 3. The fourth-order valence-corrected chi connectivity index (χ4v) is 0.830. The van der Waals surface area contributed by atoms with Crippen LogP contribution in [0.25, 0.3) is 0 Å². The Kier molecular flexibility index (Phi) is 5.66. The van der Waals surface area contributed by atoms with Crippen LogP contribution in [0.1, 0.15) is 19.8 Å². The molecule has 0 heterocycles. The minimum atomic E-state index is -0.246. The standard InChI is InChI=1S/C8H19N3O/c1-7(12)3-5-11(2)6-4-8(9)10/h7,12H,3-6H2,1-2H3,(H3,9,10). The van der Waals surface area contributed by atoms with Gasteiger partial charge in [-0.15, -0.1) is 0 Å². The highest BCUT2D eigenvalue weighted by Gasteiger charge is 2.01. The van der Waals surface area contributed by atoms with Crippen LogP contribution in [-0.4, -0.2) is 42.1 Å². The van der Waals surface area contributed by atoms with Gasteiger partial charge in [-0.25, -0.2) is 0 Å². The van der Waals surface area contributed by atoms with Crippen LogP contribution >= 0.6 is 0 Å². The normalized spacial score (nSPS) is 13.3. The van der Waals surface area contributed by atoms with Crippen LogP contribution in [0.3, 0.4) is 0 Å². The molecule has 0 saturated heterocycles. The maximum Gasteiger partial charge on any atom is 0.0918 e. The van der Waals surface area contributed by atoms with Crippen molar-refractivity contribution in [1.82, 2.24) is 4.90 Å². The number of amidine groups is 1. The third-order valence-corrected chi connectivity index (χ3v) is 1.69. The lowest BCUT2D eigenvalue weighted by Gasteiger charge is -2.16. The molecule has 4 nitrogen and oxygen atoms in total. The smallest absolute Gasteiger partial charge is 0.0918 e. The summed E-state index contributed by atoms with van der Waals surface area (Å²) in [7, 11) is 1.96. The molecule has 0 amide bonds. The lowest BCUT2D eigenvalue weighted by molar-refractivity contribution is 0.165. The first-order valence-corrected chi connectivity index (χ1v) is 4.22. The van der Waals surface area contributed by atoms with Crippen LogP contribution < -0.4 is 5.73 Å². The van der Waals surface area contributed by atoms with E-state index in [0.717, 1.165) is 19.5 Å². The summed E-state index contributed by atoms with van der Waals surface area (Å²) in [5, 5.41) is 16.0. The van der Waals surface area contributed by atoms with Gasteiger partial charge in [0, 0.05) is 19.5 Å². The number of hydrogen-bond acceptors (Lipinski definition) is 3. The third kappa shape index (κ3) is 7.50. The second-order valence-corrected chi connectivity index (χ2v) is 3.22. The molecular formula is C8H19N3O. The van der Waals surface area contributed by atoms with E-state index in [9.17, 15) is 0 Å². The molecule has 0 radical (unpaired) electrons. The van der Waals surface area contributed by atoms with Crippen molar-refractivity contribution in [2.75, 3.05) is 20.1 Å². The minimum Gasteiger partial charge on any atom is -0.393 e. The Morgan fingerprint density at radius 1 is 1.58 bits per heavy atom. The monoisotopic (exact) mass is 173 g/mol. The van der Waals surface area contributed by atoms with E-state index in [4.69, 9.17) is 16.2 Å². The summed E-state index contributed by atoms with van der Waals surface area (Å²) < 4.78 is 0. The first-order chi connectivity index (χ1) is 5.52. The zero-order valence-corrected chi connectivity index (χ0v) is 7.88. The van der Waals surface area contributed by atoms with Gasteiger partial charge in [0.15, 0.2) is 0 Å². The maximum absolute atomic E-state index is 8.99. The zero-order valence-electron chi connectivity index (χ0n) is 7.88. The molecule has 0 bridgehead atoms. The van der Waals surface area contributed by atoms with E-state index in [1.807, 2.05) is 7.05 Å². The predicted octanol–water partition coefficient (Wildman–Crippen LogP) is 0.0152. The summed E-state index contributed by atoms with van der Waals surface area (Å²) in [4.78, 5) is 2.06. The highest BCUT2D eigenvalue weighted by Crippen LogP contribution is 1.93. The van der Waals surface area contributed by atoms with E-state index in [0.29, 0.717) is 6.42 Å². The zero-order chi connectivity index (χ0) is 9.56. The Morgan fingerprint density at radius 3 is 2.58 bits per heavy atom. The van der Waals surface area contributed by atoms with Crippen molar-refractivity contribution >= 4 is 5.84 Å². The van der Waals surface area contributed by atoms with E-state index >= 15 is 0 Å². The van der Waals surface area contributed by atoms with Gasteiger partial charge in [-0.2, -0.15) is 0 Å². The topological polar surface area (TPSA) is 73.3 Å². The Bertz CT molecular complexity index is 136. The Morgan fingerprint density at radius 2 is 2.17 bits per heavy atom. The average molecular weight is 173 g/mol. The van der Waals surface area contributed by atoms with Crippen LogP contribution in [0.4, 0.5) is 0 Å². The second-order valence-electron chi connectivity index (χ2n) is 3.22. The molecule has 12 heavy (non-hydrogen) atoms. The van der Waals surface area contributed by atoms with Crippen molar-refractivity contribution in [2.45, 2.75) is 25.9 Å². The molecule has 0 saturated carbocycles. The van der Waals surface area contributed by atoms with Gasteiger partial charge in [0.1, 0.15) is 0 Å². The number of rotatable bonds is 6. The molecule has 0 fully saturated rings. The Hall–Kier alpha value is -0.610. The van der Waals surface area contributed by atoms with E-state index < -0.39 is 0 Å². The van der Waals surface area contributed by atoms with Crippen molar-refractivity contribution in [1.29, 1.82) is 5.41 Å². The van der Waals surface area contributed by atoms with Crippen LogP contribution in [0.2, 0.25) is 0 Å². The summed E-state index contributed by atoms with van der Waals surface area (Å²) >= 11 is 0. The highest BCUT2D eigenvalue weighted by molar-refractivity contribution is 5.76. The van der Waals surface area contributed by atoms with Crippen molar-refractivity contribution in [3.8, 4) is 0 Å². The molecule has 0 aliphatic rings. The number of aliphatic hydroxyl groups excluding tert-OH is 1. The molecule has 0 aliphatic carbocycles. The van der Waals surface area contributed by atoms with Gasteiger partial charge in [-0.05, 0) is 20.4 Å². The van der Waals surface area contributed by atoms with E-state index in [1.165, 1.54) is 0 Å². The third-order valence-electron chi connectivity index (χ3n) is 1.69. The van der Waals surface area contributed by atoms with Crippen LogP contribution in [0.5, 0.6) is 0 Å². The van der Waals surface area contributed by atoms with E-state index in [1.54, 1.807) is 6.92 Å². The largest absolute Gasteiger partial charge is 0.393 e. The van der Waals surface area contributed by atoms with Gasteiger partial charge < -0.3 is 15.7 Å². The minimum absolute atomic E-state index is 0.221. The van der Waals surface area contributed by atoms with E-state index in [2.05, 4.69) is 4.90 Å². The summed E-state index contributed by atoms with van der Waals surface area (Å²) in [6.45, 7) is 3.42. The first kappa shape index (κ1) is 11.4. The summed E-state index contributed by atoms with van der Waals surface area (Å²) in [5.74, 6) is 0.221. The van der Waals surface area contributed by atoms with Gasteiger partial charge in [0.05, 0.1) is 11.9 Å². The summed E-state index contributed by atoms with van der Waals surface area (Å²) in [5.41, 5.74) is 5.20. The quantitative estimate of drug-likeness (QED) is 0.391. The number of aliphatic hydroxyl groups is 1. The Balaban J connectivity index is 3.33. The molecular weight excluding hydrogens is 154 g/mol. The van der Waals surface area contributed by atoms with Crippen molar-refractivity contribution in [3.63, 3.8) is 0 Å². The first-order valence-electron chi connectivity index (χ1n) is 4.22. The Labute approximate surface area is 73.9 Å². The van der Waals surface area contributed by atoms with Gasteiger partial charge in [0.25, 0.3) is 0 Å². The fraction of sp³-hybridized carbons (Fsp3) is 0.875. The van der Waals surface area contributed by atoms with Crippen molar-refractivity contribution in [3.05, 3.63) is 0 Å². The average Bonchev–Trinajstić information content (AvgIpc) is 1.96. The summed E-state index contributed by atoms with van der Waals surface area (Å²) in [6, 6.07) is 0. The second kappa shape index (κ2) is 5.97. The highest BCUT2D eigenvalue weighted by atomic mass is 16.3. The van der Waals surface area contributed by atoms with Gasteiger partial charge in [-0.1, -0.05) is 0 Å². The molecule has 0 aromatic heterocycles. The molecule has 0 aromatic rings. The van der Waals surface area contributed by atoms with Crippen molar-refractivity contribution < 1.29 is 5.11 Å². The number of nitrogens with zero attached hydrogens (tertiary/aromatic N) is 1. The van der Waals surface area contributed by atoms with Gasteiger partial charge in [0.2, 0.25) is 0 Å². The fourth-order valence-electron chi connectivity index (χ4n) is 0.830. The molecule has 0 aliphatic heterocycles. The van der Waals surface area contributed by atoms with Crippen LogP contribution in [0, 0.1) is 5.41 Å². The lowest BCUT2D eigenvalue weighted by atomic mass is 10.2. The molecule has 72 valence electrons. The van der Waals surface area contributed by atoms with Crippen LogP contribution in [0.15, 0.2) is 0 Å². The van der Waals surface area contributed by atoms with E-state index in [-0.39, 0.29) is 11.9 Å². The lowest BCUT2D eigenvalue weighted by Crippen LogP contribution is -2.26.